The number of piperidine rings is 1. The van der Waals surface area contributed by atoms with E-state index in [1.807, 2.05) is 6.07 Å². The van der Waals surface area contributed by atoms with Crippen LogP contribution in [0.4, 0.5) is 5.69 Å². The monoisotopic (exact) mass is 380 g/mol. The number of hydrogen-bond acceptors (Lipinski definition) is 5. The fraction of sp³-hybridized carbons (Fsp3) is 0.545. The Kier molecular flexibility index (Phi) is 3.26. The minimum atomic E-state index is -0.749. The number of aromatic hydroxyl groups is 1. The highest BCUT2D eigenvalue weighted by atomic mass is 16.5. The van der Waals surface area contributed by atoms with E-state index in [1.165, 1.54) is 5.57 Å². The zero-order valence-corrected chi connectivity index (χ0v) is 15.9. The van der Waals surface area contributed by atoms with Crippen LogP contribution in [-0.4, -0.2) is 60.6 Å². The van der Waals surface area contributed by atoms with E-state index < -0.39 is 5.41 Å². The first-order chi connectivity index (χ1) is 13.5. The van der Waals surface area contributed by atoms with Gasteiger partial charge in [-0.2, -0.15) is 0 Å². The van der Waals surface area contributed by atoms with Crippen LogP contribution in [0.5, 0.6) is 5.75 Å². The van der Waals surface area contributed by atoms with Crippen LogP contribution in [0.3, 0.4) is 0 Å². The molecule has 5 heterocycles. The molecule has 146 valence electrons. The van der Waals surface area contributed by atoms with Crippen molar-refractivity contribution in [3.63, 3.8) is 0 Å². The second-order valence-corrected chi connectivity index (χ2v) is 9.01. The van der Waals surface area contributed by atoms with Crippen molar-refractivity contribution in [2.75, 3.05) is 31.6 Å². The summed E-state index contributed by atoms with van der Waals surface area (Å²) in [4.78, 5) is 31.1. The fourth-order valence-corrected chi connectivity index (χ4v) is 6.71. The van der Waals surface area contributed by atoms with Crippen LogP contribution in [0.25, 0.3) is 0 Å². The molecule has 4 bridgehead atoms. The molecule has 7 rings (SSSR count). The highest BCUT2D eigenvalue weighted by molar-refractivity contribution is 6.07. The van der Waals surface area contributed by atoms with Crippen molar-refractivity contribution in [1.82, 2.24) is 4.90 Å². The van der Waals surface area contributed by atoms with E-state index in [9.17, 15) is 14.7 Å². The number of para-hydroxylation sites is 1. The molecule has 5 aliphatic heterocycles. The lowest BCUT2D eigenvalue weighted by Gasteiger charge is -2.53. The number of rotatable bonds is 0. The third-order valence-electron chi connectivity index (χ3n) is 7.80. The molecule has 1 spiro atoms. The maximum Gasteiger partial charge on any atom is 0.230 e. The molecule has 0 radical (unpaired) electrons. The molecule has 6 nitrogen and oxygen atoms in total. The number of Topliss-reactive ketones (excluding diaryl/α,β-unsaturated/α-hetero) is 1. The van der Waals surface area contributed by atoms with Gasteiger partial charge in [0.1, 0.15) is 11.5 Å². The lowest BCUT2D eigenvalue weighted by Crippen LogP contribution is -2.66. The Morgan fingerprint density at radius 2 is 2.11 bits per heavy atom. The summed E-state index contributed by atoms with van der Waals surface area (Å²) in [7, 11) is 2.10. The van der Waals surface area contributed by atoms with Crippen molar-refractivity contribution >= 4 is 17.4 Å². The van der Waals surface area contributed by atoms with Gasteiger partial charge in [0.2, 0.25) is 5.91 Å². The predicted molar refractivity (Wildman–Crippen MR) is 102 cm³/mol. The zero-order valence-electron chi connectivity index (χ0n) is 15.9. The van der Waals surface area contributed by atoms with Gasteiger partial charge in [-0.1, -0.05) is 23.8 Å². The maximum atomic E-state index is 13.8. The van der Waals surface area contributed by atoms with Crippen molar-refractivity contribution in [3.8, 4) is 5.75 Å². The first-order valence-electron chi connectivity index (χ1n) is 10.2. The molecule has 28 heavy (non-hydrogen) atoms. The van der Waals surface area contributed by atoms with E-state index in [-0.39, 0.29) is 41.4 Å². The van der Waals surface area contributed by atoms with Crippen LogP contribution >= 0.6 is 0 Å². The van der Waals surface area contributed by atoms with Gasteiger partial charge in [0.25, 0.3) is 0 Å². The molecular formula is C22H24N2O4. The summed E-state index contributed by atoms with van der Waals surface area (Å²) in [6.45, 7) is 2.12. The van der Waals surface area contributed by atoms with E-state index in [2.05, 4.69) is 18.0 Å². The molecular weight excluding hydrogens is 356 g/mol. The predicted octanol–water partition coefficient (Wildman–Crippen LogP) is 1.61. The SMILES string of the molecule is CN1CC[C@]23C(=O)CC4C(=CCOC5CC(=O)N(c6c(O)cccc62)C3C54)C1. The smallest absolute Gasteiger partial charge is 0.230 e. The van der Waals surface area contributed by atoms with Gasteiger partial charge in [-0.25, -0.2) is 0 Å². The average molecular weight is 380 g/mol. The fourth-order valence-electron chi connectivity index (χ4n) is 6.71. The molecule has 4 fully saturated rings. The molecule has 5 atom stereocenters. The minimum absolute atomic E-state index is 0.0413. The summed E-state index contributed by atoms with van der Waals surface area (Å²) >= 11 is 0. The third kappa shape index (κ3) is 1.85. The number of phenols is 1. The van der Waals surface area contributed by atoms with Gasteiger partial charge in [0.05, 0.1) is 36.3 Å². The van der Waals surface area contributed by atoms with Gasteiger partial charge in [-0.15, -0.1) is 0 Å². The normalized spacial score (nSPS) is 39.0. The van der Waals surface area contributed by atoms with Gasteiger partial charge in [-0.05, 0) is 37.6 Å². The number of likely N-dealkylation sites (N-methyl/N-ethyl adjacent to an activating group) is 1. The van der Waals surface area contributed by atoms with Crippen molar-refractivity contribution < 1.29 is 19.4 Å². The summed E-state index contributed by atoms with van der Waals surface area (Å²) in [6.07, 6.45) is 3.44. The highest BCUT2D eigenvalue weighted by Crippen LogP contribution is 2.62. The van der Waals surface area contributed by atoms with Gasteiger partial charge in [0, 0.05) is 18.9 Å². The van der Waals surface area contributed by atoms with E-state index in [0.717, 1.165) is 18.7 Å². The molecule has 0 aromatic heterocycles. The van der Waals surface area contributed by atoms with Gasteiger partial charge >= 0.3 is 0 Å². The Morgan fingerprint density at radius 3 is 2.96 bits per heavy atom. The minimum Gasteiger partial charge on any atom is -0.506 e. The van der Waals surface area contributed by atoms with Gasteiger partial charge < -0.3 is 19.6 Å². The van der Waals surface area contributed by atoms with E-state index >= 15 is 0 Å². The Labute approximate surface area is 163 Å². The van der Waals surface area contributed by atoms with Crippen LogP contribution in [-0.2, 0) is 19.7 Å². The summed E-state index contributed by atoms with van der Waals surface area (Å²) in [6, 6.07) is 5.10. The van der Waals surface area contributed by atoms with Crippen molar-refractivity contribution in [1.29, 1.82) is 0 Å². The van der Waals surface area contributed by atoms with Crippen molar-refractivity contribution in [3.05, 3.63) is 35.4 Å². The Hall–Kier alpha value is -2.18. The van der Waals surface area contributed by atoms with Crippen molar-refractivity contribution in [2.45, 2.75) is 36.8 Å². The van der Waals surface area contributed by atoms with Crippen LogP contribution in [0.15, 0.2) is 29.8 Å². The summed E-state index contributed by atoms with van der Waals surface area (Å²) in [5.41, 5.74) is 1.91. The van der Waals surface area contributed by atoms with Crippen LogP contribution in [0, 0.1) is 11.8 Å². The first-order valence-corrected chi connectivity index (χ1v) is 10.2. The number of ketones is 1. The number of carbonyl (C=O) groups is 2. The number of nitrogens with zero attached hydrogens (tertiary/aromatic N) is 2. The molecule has 1 amide bonds. The van der Waals surface area contributed by atoms with Crippen molar-refractivity contribution in [2.24, 2.45) is 11.8 Å². The largest absolute Gasteiger partial charge is 0.506 e. The second-order valence-electron chi connectivity index (χ2n) is 9.01. The molecule has 1 aromatic carbocycles. The Morgan fingerprint density at radius 1 is 1.25 bits per heavy atom. The molecule has 1 saturated carbocycles. The first kappa shape index (κ1) is 16.7. The Balaban J connectivity index is 1.67. The number of fused-ring (bicyclic) bond motifs is 6. The standard InChI is InChI=1S/C22H24N2O4/c1-23-7-6-22-14-3-2-4-15(25)20(14)24-18(27)10-16-19(21(22)24)13(9-17(22)26)12(11-23)5-8-28-16/h2-5,13,16,19,21,25H,6-11H2,1H3/t13?,16?,19?,21?,22-/m1/s1. The van der Waals surface area contributed by atoms with Crippen LogP contribution in [0.2, 0.25) is 0 Å². The maximum absolute atomic E-state index is 13.8. The molecule has 4 unspecified atom stereocenters. The Bertz CT molecular complexity index is 940. The van der Waals surface area contributed by atoms with Crippen LogP contribution in [0.1, 0.15) is 24.8 Å². The average Bonchev–Trinajstić information content (AvgIpc) is 2.92. The number of phenolic OH excluding ortho intramolecular Hbond substituents is 1. The lowest BCUT2D eigenvalue weighted by molar-refractivity contribution is -0.140. The van der Waals surface area contributed by atoms with Gasteiger partial charge in [0.15, 0.2) is 0 Å². The molecule has 3 saturated heterocycles. The third-order valence-corrected chi connectivity index (χ3v) is 7.80. The van der Waals surface area contributed by atoms with E-state index in [1.54, 1.807) is 17.0 Å². The highest BCUT2D eigenvalue weighted by Gasteiger charge is 2.68. The quantitative estimate of drug-likeness (QED) is 0.693. The number of benzene rings is 1. The van der Waals surface area contributed by atoms with Gasteiger partial charge in [-0.3, -0.25) is 9.59 Å². The number of hydrogen-bond donors (Lipinski definition) is 1. The number of carbonyl (C=O) groups excluding carboxylic acids is 2. The number of amides is 1. The van der Waals surface area contributed by atoms with Crippen LogP contribution < -0.4 is 4.90 Å². The summed E-state index contributed by atoms with van der Waals surface area (Å²) < 4.78 is 6.17. The summed E-state index contributed by atoms with van der Waals surface area (Å²) in [5.74, 6) is 0.455. The number of anilines is 1. The van der Waals surface area contributed by atoms with E-state index in [4.69, 9.17) is 4.74 Å². The molecule has 1 aromatic rings. The molecule has 1 aliphatic carbocycles. The number of ether oxygens (including phenoxy) is 1. The molecule has 1 N–H and O–H groups in total. The van der Waals surface area contributed by atoms with E-state index in [0.29, 0.717) is 31.6 Å². The molecule has 6 heteroatoms. The topological polar surface area (TPSA) is 70.1 Å². The zero-order chi connectivity index (χ0) is 19.2. The lowest BCUT2D eigenvalue weighted by atomic mass is 9.55. The summed E-state index contributed by atoms with van der Waals surface area (Å²) in [5, 5.41) is 10.7. The molecule has 6 aliphatic rings. The second kappa shape index (κ2) is 5.45.